The number of alkyl halides is 3. The molecular weight excluding hydrogens is 229 g/mol. The van der Waals surface area contributed by atoms with Crippen LogP contribution >= 0.6 is 0 Å². The van der Waals surface area contributed by atoms with Gasteiger partial charge in [-0.25, -0.2) is 9.59 Å². The van der Waals surface area contributed by atoms with E-state index < -0.39 is 30.8 Å². The van der Waals surface area contributed by atoms with E-state index in [1.54, 1.807) is 5.32 Å². The molecule has 8 heteroatoms. The number of hydrogen-bond donors (Lipinski definition) is 2. The number of urea groups is 1. The van der Waals surface area contributed by atoms with Gasteiger partial charge in [-0.05, 0) is 12.8 Å². The van der Waals surface area contributed by atoms with Crippen LogP contribution in [0.15, 0.2) is 0 Å². The van der Waals surface area contributed by atoms with Gasteiger partial charge in [0.1, 0.15) is 12.6 Å². The molecule has 1 atom stereocenters. The number of hydrogen-bond acceptors (Lipinski definition) is 2. The van der Waals surface area contributed by atoms with Crippen molar-refractivity contribution in [2.24, 2.45) is 0 Å². The number of nitrogens with zero attached hydrogens (tertiary/aromatic N) is 1. The zero-order valence-electron chi connectivity index (χ0n) is 8.25. The average molecular weight is 240 g/mol. The van der Waals surface area contributed by atoms with Crippen LogP contribution in [0.25, 0.3) is 0 Å². The van der Waals surface area contributed by atoms with E-state index in [1.807, 2.05) is 0 Å². The molecule has 0 aromatic carbocycles. The smallest absolute Gasteiger partial charge is 0.405 e. The fourth-order valence-corrected chi connectivity index (χ4v) is 1.54. The Balaban J connectivity index is 2.50. The molecule has 1 saturated heterocycles. The number of rotatable bonds is 2. The van der Waals surface area contributed by atoms with Crippen molar-refractivity contribution in [3.63, 3.8) is 0 Å². The quantitative estimate of drug-likeness (QED) is 0.750. The van der Waals surface area contributed by atoms with E-state index in [1.165, 1.54) is 0 Å². The monoisotopic (exact) mass is 240 g/mol. The Hall–Kier alpha value is -1.47. The van der Waals surface area contributed by atoms with Crippen molar-refractivity contribution < 1.29 is 27.9 Å². The summed E-state index contributed by atoms with van der Waals surface area (Å²) in [6.45, 7) is -1.28. The molecule has 1 fully saturated rings. The van der Waals surface area contributed by atoms with E-state index in [0.717, 1.165) is 4.90 Å². The first-order valence-corrected chi connectivity index (χ1v) is 4.65. The summed E-state index contributed by atoms with van der Waals surface area (Å²) < 4.78 is 35.4. The second-order valence-corrected chi connectivity index (χ2v) is 3.46. The Morgan fingerprint density at radius 1 is 1.44 bits per heavy atom. The zero-order chi connectivity index (χ0) is 12.3. The molecule has 0 aliphatic carbocycles. The van der Waals surface area contributed by atoms with E-state index in [4.69, 9.17) is 5.11 Å². The van der Waals surface area contributed by atoms with Crippen LogP contribution in [0.4, 0.5) is 18.0 Å². The first kappa shape index (κ1) is 12.6. The maximum Gasteiger partial charge on any atom is 0.405 e. The van der Waals surface area contributed by atoms with Crippen molar-refractivity contribution in [3.05, 3.63) is 0 Å². The largest absolute Gasteiger partial charge is 0.480 e. The van der Waals surface area contributed by atoms with Gasteiger partial charge in [0.25, 0.3) is 0 Å². The number of nitrogens with one attached hydrogen (secondary N) is 1. The predicted octanol–water partition coefficient (Wildman–Crippen LogP) is 0.807. The van der Waals surface area contributed by atoms with Crippen LogP contribution in [0.2, 0.25) is 0 Å². The molecule has 0 spiro atoms. The minimum Gasteiger partial charge on any atom is -0.480 e. The van der Waals surface area contributed by atoms with Gasteiger partial charge >= 0.3 is 18.2 Å². The summed E-state index contributed by atoms with van der Waals surface area (Å²) in [5.41, 5.74) is 0. The maximum absolute atomic E-state index is 11.8. The molecule has 2 N–H and O–H groups in total. The van der Waals surface area contributed by atoms with Gasteiger partial charge in [0.2, 0.25) is 0 Å². The van der Waals surface area contributed by atoms with Crippen molar-refractivity contribution in [1.82, 2.24) is 10.2 Å². The summed E-state index contributed by atoms with van der Waals surface area (Å²) in [6, 6.07) is -2.00. The van der Waals surface area contributed by atoms with Crippen LogP contribution in [-0.2, 0) is 4.79 Å². The van der Waals surface area contributed by atoms with Gasteiger partial charge in [0, 0.05) is 6.54 Å². The molecule has 0 aromatic heterocycles. The van der Waals surface area contributed by atoms with Crippen molar-refractivity contribution in [2.75, 3.05) is 13.1 Å². The van der Waals surface area contributed by atoms with Crippen molar-refractivity contribution in [2.45, 2.75) is 25.1 Å². The lowest BCUT2D eigenvalue weighted by atomic mass is 10.2. The molecule has 1 aliphatic rings. The molecule has 2 amide bonds. The highest BCUT2D eigenvalue weighted by Gasteiger charge is 2.35. The maximum atomic E-state index is 11.8. The number of carboxylic acid groups (broad SMARTS) is 1. The van der Waals surface area contributed by atoms with Gasteiger partial charge in [0.05, 0.1) is 0 Å². The Labute approximate surface area is 89.2 Å². The lowest BCUT2D eigenvalue weighted by molar-refractivity contribution is -0.141. The molecule has 0 bridgehead atoms. The molecule has 0 saturated carbocycles. The third-order valence-corrected chi connectivity index (χ3v) is 2.24. The standard InChI is InChI=1S/C8H11F3N2O3/c9-8(10,11)4-12-7(16)13-3-1-2-5(13)6(14)15/h5H,1-4H2,(H,12,16)(H,14,15)/t5-/m1/s1. The molecule has 0 aromatic rings. The summed E-state index contributed by atoms with van der Waals surface area (Å²) in [6.07, 6.45) is -3.74. The van der Waals surface area contributed by atoms with Gasteiger partial charge in [-0.15, -0.1) is 0 Å². The second-order valence-electron chi connectivity index (χ2n) is 3.46. The topological polar surface area (TPSA) is 69.6 Å². The van der Waals surface area contributed by atoms with Gasteiger partial charge in [-0.2, -0.15) is 13.2 Å². The molecule has 0 radical (unpaired) electrons. The number of likely N-dealkylation sites (tertiary alicyclic amines) is 1. The third-order valence-electron chi connectivity index (χ3n) is 2.24. The van der Waals surface area contributed by atoms with E-state index in [2.05, 4.69) is 0 Å². The summed E-state index contributed by atoms with van der Waals surface area (Å²) in [5, 5.41) is 10.4. The first-order valence-electron chi connectivity index (χ1n) is 4.65. The minimum absolute atomic E-state index is 0.167. The number of carboxylic acids is 1. The lowest BCUT2D eigenvalue weighted by Gasteiger charge is -2.22. The highest BCUT2D eigenvalue weighted by atomic mass is 19.4. The van der Waals surface area contributed by atoms with E-state index >= 15 is 0 Å². The zero-order valence-corrected chi connectivity index (χ0v) is 8.25. The van der Waals surface area contributed by atoms with Crippen LogP contribution in [0.3, 0.4) is 0 Å². The molecule has 5 nitrogen and oxygen atoms in total. The molecule has 0 unspecified atom stereocenters. The summed E-state index contributed by atoms with van der Waals surface area (Å²) in [7, 11) is 0. The van der Waals surface area contributed by atoms with Crippen molar-refractivity contribution in [1.29, 1.82) is 0 Å². The van der Waals surface area contributed by atoms with E-state index in [-0.39, 0.29) is 13.0 Å². The number of halogens is 3. The van der Waals surface area contributed by atoms with Crippen LogP contribution in [0.5, 0.6) is 0 Å². The minimum atomic E-state index is -4.49. The highest BCUT2D eigenvalue weighted by Crippen LogP contribution is 2.18. The third kappa shape index (κ3) is 3.28. The summed E-state index contributed by atoms with van der Waals surface area (Å²) >= 11 is 0. The average Bonchev–Trinajstić information content (AvgIpc) is 2.61. The van der Waals surface area contributed by atoms with Gasteiger partial charge in [-0.1, -0.05) is 0 Å². The Morgan fingerprint density at radius 3 is 2.56 bits per heavy atom. The number of carbonyl (C=O) groups is 2. The van der Waals surface area contributed by atoms with Crippen LogP contribution in [-0.4, -0.2) is 47.3 Å². The van der Waals surface area contributed by atoms with E-state index in [0.29, 0.717) is 6.42 Å². The van der Waals surface area contributed by atoms with Crippen LogP contribution in [0.1, 0.15) is 12.8 Å². The highest BCUT2D eigenvalue weighted by molar-refractivity contribution is 5.83. The second kappa shape index (κ2) is 4.58. The fraction of sp³-hybridized carbons (Fsp3) is 0.750. The van der Waals surface area contributed by atoms with E-state index in [9.17, 15) is 22.8 Å². The SMILES string of the molecule is O=C(O)[C@H]1CCCN1C(=O)NCC(F)(F)F. The summed E-state index contributed by atoms with van der Waals surface area (Å²) in [4.78, 5) is 22.8. The molecule has 1 heterocycles. The van der Waals surface area contributed by atoms with Crippen molar-refractivity contribution >= 4 is 12.0 Å². The predicted molar refractivity (Wildman–Crippen MR) is 46.8 cm³/mol. The number of amides is 2. The normalized spacial score (nSPS) is 20.9. The summed E-state index contributed by atoms with van der Waals surface area (Å²) in [5.74, 6) is -1.19. The lowest BCUT2D eigenvalue weighted by Crippen LogP contribution is -2.48. The molecular formula is C8H11F3N2O3. The van der Waals surface area contributed by atoms with Crippen molar-refractivity contribution in [3.8, 4) is 0 Å². The van der Waals surface area contributed by atoms with Crippen LogP contribution in [0, 0.1) is 0 Å². The van der Waals surface area contributed by atoms with Crippen LogP contribution < -0.4 is 5.32 Å². The number of aliphatic carboxylic acids is 1. The number of carbonyl (C=O) groups excluding carboxylic acids is 1. The molecule has 16 heavy (non-hydrogen) atoms. The molecule has 92 valence electrons. The first-order chi connectivity index (χ1) is 7.31. The van der Waals surface area contributed by atoms with Gasteiger partial charge in [-0.3, -0.25) is 0 Å². The molecule has 1 rings (SSSR count). The fourth-order valence-electron chi connectivity index (χ4n) is 1.54. The van der Waals surface area contributed by atoms with Gasteiger partial charge < -0.3 is 15.3 Å². The van der Waals surface area contributed by atoms with Gasteiger partial charge in [0.15, 0.2) is 0 Å². The molecule has 1 aliphatic heterocycles. The Bertz CT molecular complexity index is 293. The Kier molecular flexibility index (Phi) is 3.61. The Morgan fingerprint density at radius 2 is 2.06 bits per heavy atom.